The number of carboxylic acids is 1. The number of carbonyl (C=O) groups is 2. The zero-order valence-electron chi connectivity index (χ0n) is 19.7. The molecule has 0 fully saturated rings. The average Bonchev–Trinajstić information content (AvgIpc) is 3.21. The van der Waals surface area contributed by atoms with Crippen LogP contribution in [0.4, 0.5) is 17.6 Å². The number of nitrogens with one attached hydrogen (secondary N) is 1. The van der Waals surface area contributed by atoms with E-state index in [0.717, 1.165) is 11.1 Å². The number of carboxylic acid groups (broad SMARTS) is 1. The number of halogens is 6. The Labute approximate surface area is 227 Å². The van der Waals surface area contributed by atoms with Crippen LogP contribution in [0.2, 0.25) is 10.2 Å². The van der Waals surface area contributed by atoms with Gasteiger partial charge in [-0.15, -0.1) is 0 Å². The van der Waals surface area contributed by atoms with Crippen LogP contribution in [-0.4, -0.2) is 49.0 Å². The third-order valence-electron chi connectivity index (χ3n) is 5.98. The van der Waals surface area contributed by atoms with Crippen molar-refractivity contribution >= 4 is 40.6 Å². The van der Waals surface area contributed by atoms with Gasteiger partial charge in [-0.05, 0) is 47.4 Å². The lowest BCUT2D eigenvalue weighted by atomic mass is 10.0. The molecule has 5 rings (SSSR count). The first-order valence-electron chi connectivity index (χ1n) is 11.2. The summed E-state index contributed by atoms with van der Waals surface area (Å²) in [6.45, 7) is 0.904. The largest absolute Gasteiger partial charge is 0.490 e. The number of carbonyl (C=O) groups excluding carboxylic acids is 1. The van der Waals surface area contributed by atoms with Gasteiger partial charge >= 0.3 is 12.1 Å². The molecule has 0 atom stereocenters. The van der Waals surface area contributed by atoms with Crippen molar-refractivity contribution in [2.45, 2.75) is 25.6 Å². The molecule has 0 radical (unpaired) electrons. The molecule has 14 heteroatoms. The smallest absolute Gasteiger partial charge is 0.475 e. The summed E-state index contributed by atoms with van der Waals surface area (Å²) in [4.78, 5) is 42.5. The molecule has 0 saturated heterocycles. The van der Waals surface area contributed by atoms with E-state index in [0.29, 0.717) is 42.7 Å². The molecule has 0 unspecified atom stereocenters. The minimum absolute atomic E-state index is 0.00662. The van der Waals surface area contributed by atoms with E-state index in [1.165, 1.54) is 18.3 Å². The summed E-state index contributed by atoms with van der Waals surface area (Å²) in [5.41, 5.74) is 3.48. The Morgan fingerprint density at radius 1 is 1.13 bits per heavy atom. The fraction of sp³-hybridized carbons (Fsp3) is 0.200. The Hall–Kier alpha value is -3.90. The van der Waals surface area contributed by atoms with Gasteiger partial charge in [0.25, 0.3) is 11.5 Å². The van der Waals surface area contributed by atoms with E-state index < -0.39 is 18.0 Å². The maximum Gasteiger partial charge on any atom is 0.490 e. The first kappa shape index (κ1) is 28.1. The van der Waals surface area contributed by atoms with E-state index in [2.05, 4.69) is 9.97 Å². The average molecular weight is 585 g/mol. The maximum absolute atomic E-state index is 14.6. The number of pyridine rings is 1. The normalized spacial score (nSPS) is 13.0. The van der Waals surface area contributed by atoms with Crippen molar-refractivity contribution in [2.75, 3.05) is 6.54 Å². The van der Waals surface area contributed by atoms with E-state index in [4.69, 9.17) is 33.1 Å². The van der Waals surface area contributed by atoms with Crippen molar-refractivity contribution in [3.05, 3.63) is 103 Å². The van der Waals surface area contributed by atoms with Crippen LogP contribution in [0.5, 0.6) is 0 Å². The molecule has 4 aromatic rings. The summed E-state index contributed by atoms with van der Waals surface area (Å²) in [6, 6.07) is 7.88. The molecule has 0 aliphatic carbocycles. The lowest BCUT2D eigenvalue weighted by molar-refractivity contribution is -0.192. The number of aliphatic carboxylic acids is 1. The highest BCUT2D eigenvalue weighted by atomic mass is 35.5. The molecule has 1 aromatic carbocycles. The number of fused-ring (bicyclic) bond motifs is 2. The van der Waals surface area contributed by atoms with E-state index in [-0.39, 0.29) is 27.2 Å². The number of hydrogen-bond donors (Lipinski definition) is 2. The Morgan fingerprint density at radius 2 is 1.85 bits per heavy atom. The van der Waals surface area contributed by atoms with Gasteiger partial charge in [0.05, 0.1) is 10.6 Å². The lowest BCUT2D eigenvalue weighted by Crippen LogP contribution is -2.36. The Morgan fingerprint density at radius 3 is 2.54 bits per heavy atom. The van der Waals surface area contributed by atoms with Crippen molar-refractivity contribution in [1.82, 2.24) is 19.3 Å². The minimum Gasteiger partial charge on any atom is -0.475 e. The highest BCUT2D eigenvalue weighted by Crippen LogP contribution is 2.27. The van der Waals surface area contributed by atoms with Crippen LogP contribution < -0.4 is 5.56 Å². The second-order valence-electron chi connectivity index (χ2n) is 8.53. The number of benzene rings is 1. The molecule has 0 bridgehead atoms. The second-order valence-corrected chi connectivity index (χ2v) is 9.29. The molecule has 0 saturated carbocycles. The van der Waals surface area contributed by atoms with Gasteiger partial charge in [0.15, 0.2) is 0 Å². The molecule has 2 N–H and O–H groups in total. The zero-order valence-corrected chi connectivity index (χ0v) is 21.2. The lowest BCUT2D eigenvalue weighted by Gasteiger charge is -2.28. The van der Waals surface area contributed by atoms with Gasteiger partial charge < -0.3 is 15.0 Å². The van der Waals surface area contributed by atoms with E-state index in [1.54, 1.807) is 33.8 Å². The number of alkyl halides is 3. The fourth-order valence-corrected chi connectivity index (χ4v) is 4.55. The van der Waals surface area contributed by atoms with Crippen LogP contribution in [0.1, 0.15) is 32.7 Å². The van der Waals surface area contributed by atoms with Gasteiger partial charge in [0.1, 0.15) is 16.5 Å². The van der Waals surface area contributed by atoms with Crippen molar-refractivity contribution in [3.8, 4) is 0 Å². The van der Waals surface area contributed by atoms with Gasteiger partial charge in [-0.2, -0.15) is 13.2 Å². The molecule has 39 heavy (non-hydrogen) atoms. The summed E-state index contributed by atoms with van der Waals surface area (Å²) >= 11 is 12.4. The van der Waals surface area contributed by atoms with Gasteiger partial charge in [-0.25, -0.2) is 9.18 Å². The summed E-state index contributed by atoms with van der Waals surface area (Å²) < 4.78 is 47.9. The Kier molecular flexibility index (Phi) is 7.98. The number of hydrogen-bond acceptors (Lipinski definition) is 4. The predicted molar refractivity (Wildman–Crippen MR) is 134 cm³/mol. The number of H-pyrrole nitrogens is 1. The number of nitrogens with zero attached hydrogens (tertiary/aromatic N) is 3. The monoisotopic (exact) mass is 584 g/mol. The Bertz CT molecular complexity index is 1630. The van der Waals surface area contributed by atoms with Crippen LogP contribution >= 0.6 is 23.2 Å². The molecule has 0 spiro atoms. The van der Waals surface area contributed by atoms with Gasteiger partial charge in [-0.3, -0.25) is 19.0 Å². The molecule has 1 aliphatic heterocycles. The van der Waals surface area contributed by atoms with Crippen LogP contribution in [0.15, 0.2) is 53.7 Å². The van der Waals surface area contributed by atoms with Crippen LogP contribution in [0.3, 0.4) is 0 Å². The van der Waals surface area contributed by atoms with Crippen LogP contribution in [-0.2, 0) is 24.2 Å². The number of amides is 1. The molecule has 204 valence electrons. The summed E-state index contributed by atoms with van der Waals surface area (Å²) in [6.07, 6.45) is 0.946. The standard InChI is InChI=1S/C23H17Cl2FN4O2.C2HF3O2/c24-18-9-20-22(31)28-11-16(30(20)21(18)25)7-13-1-2-19(26)17(8-13)23(32)29-6-4-14-3-5-27-10-15(14)12-29;3-2(4,5)1(6)7/h1-3,5,8-11H,4,6-7,12H2,(H,28,31);(H,6,7). The summed E-state index contributed by atoms with van der Waals surface area (Å²) in [5.74, 6) is -3.70. The molecule has 3 aromatic heterocycles. The molecule has 1 aliphatic rings. The molecular weight excluding hydrogens is 567 g/mol. The first-order chi connectivity index (χ1) is 18.4. The van der Waals surface area contributed by atoms with Gasteiger partial charge in [0, 0.05) is 43.8 Å². The zero-order chi connectivity index (χ0) is 28.5. The molecule has 1 amide bonds. The Balaban J connectivity index is 0.000000448. The third-order valence-corrected chi connectivity index (χ3v) is 6.74. The van der Waals surface area contributed by atoms with E-state index in [1.807, 2.05) is 6.07 Å². The minimum atomic E-state index is -5.08. The van der Waals surface area contributed by atoms with Crippen molar-refractivity contribution in [1.29, 1.82) is 0 Å². The summed E-state index contributed by atoms with van der Waals surface area (Å²) in [7, 11) is 0. The molecule has 8 nitrogen and oxygen atoms in total. The topological polar surface area (TPSA) is 108 Å². The van der Waals surface area contributed by atoms with Gasteiger partial charge in [0.2, 0.25) is 0 Å². The van der Waals surface area contributed by atoms with Gasteiger partial charge in [-0.1, -0.05) is 29.3 Å². The van der Waals surface area contributed by atoms with E-state index in [9.17, 15) is 27.2 Å². The number of rotatable bonds is 3. The first-order valence-corrected chi connectivity index (χ1v) is 12.0. The fourth-order valence-electron chi connectivity index (χ4n) is 4.10. The van der Waals surface area contributed by atoms with Crippen LogP contribution in [0.25, 0.3) is 5.52 Å². The number of aromatic amines is 1. The van der Waals surface area contributed by atoms with Crippen LogP contribution in [0, 0.1) is 5.82 Å². The molecular formula is C25H18Cl2F4N4O4. The maximum atomic E-state index is 14.6. The van der Waals surface area contributed by atoms with E-state index >= 15 is 0 Å². The quantitative estimate of drug-likeness (QED) is 0.333. The third kappa shape index (κ3) is 6.07. The predicted octanol–water partition coefficient (Wildman–Crippen LogP) is 4.89. The second kappa shape index (κ2) is 11.1. The highest BCUT2D eigenvalue weighted by molar-refractivity contribution is 6.42. The SMILES string of the molecule is O=C(O)C(F)(F)F.O=C(c1cc(Cc2c[nH]c(=O)c3cc(Cl)c(Cl)n23)ccc1F)N1CCc2ccncc2C1. The van der Waals surface area contributed by atoms with Crippen molar-refractivity contribution < 1.29 is 32.3 Å². The highest BCUT2D eigenvalue weighted by Gasteiger charge is 2.38. The molecule has 4 heterocycles. The number of aromatic nitrogens is 3. The van der Waals surface area contributed by atoms with Crippen molar-refractivity contribution in [3.63, 3.8) is 0 Å². The summed E-state index contributed by atoms with van der Waals surface area (Å²) in [5, 5.41) is 7.61. The van der Waals surface area contributed by atoms with Crippen molar-refractivity contribution in [2.24, 2.45) is 0 Å².